The standard InChI is InChI=1S/C14H17N2O4P/c1-17-11-7-5-9(13(15-11)19-3)21-10-6-8-12(18-2)16-14(10)20-4/h5-8,21H,1-4H3. The van der Waals surface area contributed by atoms with Crippen LogP contribution in [0.1, 0.15) is 0 Å². The molecule has 2 aromatic heterocycles. The van der Waals surface area contributed by atoms with Crippen LogP contribution in [0.4, 0.5) is 0 Å². The van der Waals surface area contributed by atoms with E-state index in [0.29, 0.717) is 32.1 Å². The molecule has 0 aliphatic carbocycles. The molecule has 2 rings (SSSR count). The average Bonchev–Trinajstić information content (AvgIpc) is 2.55. The number of hydrogen-bond acceptors (Lipinski definition) is 6. The molecule has 0 radical (unpaired) electrons. The van der Waals surface area contributed by atoms with Gasteiger partial charge in [-0.05, 0) is 20.7 Å². The van der Waals surface area contributed by atoms with Crippen molar-refractivity contribution in [3.63, 3.8) is 0 Å². The topological polar surface area (TPSA) is 62.7 Å². The molecule has 0 saturated heterocycles. The summed E-state index contributed by atoms with van der Waals surface area (Å²) in [4.78, 5) is 8.54. The summed E-state index contributed by atoms with van der Waals surface area (Å²) in [6.45, 7) is 0. The third-order valence-electron chi connectivity index (χ3n) is 2.74. The highest BCUT2D eigenvalue weighted by atomic mass is 31.1. The molecule has 2 heterocycles. The van der Waals surface area contributed by atoms with Gasteiger partial charge in [-0.1, -0.05) is 0 Å². The Kier molecular flexibility index (Phi) is 5.17. The third-order valence-corrected chi connectivity index (χ3v) is 4.04. The van der Waals surface area contributed by atoms with E-state index in [1.807, 2.05) is 12.1 Å². The molecule has 0 unspecified atom stereocenters. The molecule has 0 atom stereocenters. The lowest BCUT2D eigenvalue weighted by molar-refractivity contribution is 0.367. The second-order valence-electron chi connectivity index (χ2n) is 3.95. The number of pyridine rings is 2. The fourth-order valence-electron chi connectivity index (χ4n) is 1.72. The van der Waals surface area contributed by atoms with Gasteiger partial charge in [0.1, 0.15) is 0 Å². The van der Waals surface area contributed by atoms with E-state index in [0.717, 1.165) is 10.6 Å². The van der Waals surface area contributed by atoms with Gasteiger partial charge in [-0.2, -0.15) is 9.97 Å². The molecule has 0 aliphatic rings. The second kappa shape index (κ2) is 7.09. The first-order chi connectivity index (χ1) is 10.2. The number of hydrogen-bond donors (Lipinski definition) is 0. The minimum absolute atomic E-state index is 0.297. The maximum atomic E-state index is 5.31. The van der Waals surface area contributed by atoms with Gasteiger partial charge in [-0.25, -0.2) is 0 Å². The fourth-order valence-corrected chi connectivity index (χ4v) is 2.87. The van der Waals surface area contributed by atoms with E-state index in [2.05, 4.69) is 9.97 Å². The van der Waals surface area contributed by atoms with Crippen LogP contribution >= 0.6 is 8.58 Å². The zero-order chi connectivity index (χ0) is 15.2. The highest BCUT2D eigenvalue weighted by molar-refractivity contribution is 7.56. The highest BCUT2D eigenvalue weighted by Crippen LogP contribution is 2.24. The largest absolute Gasteiger partial charge is 0.481 e. The van der Waals surface area contributed by atoms with Gasteiger partial charge in [0.25, 0.3) is 0 Å². The Morgan fingerprint density at radius 1 is 0.667 bits per heavy atom. The number of ether oxygens (including phenoxy) is 4. The van der Waals surface area contributed by atoms with Crippen molar-refractivity contribution in [2.24, 2.45) is 0 Å². The van der Waals surface area contributed by atoms with E-state index in [-0.39, 0.29) is 0 Å². The van der Waals surface area contributed by atoms with Gasteiger partial charge in [0.2, 0.25) is 23.5 Å². The smallest absolute Gasteiger partial charge is 0.224 e. The molecule has 21 heavy (non-hydrogen) atoms. The molecule has 0 bridgehead atoms. The first-order valence-electron chi connectivity index (χ1n) is 6.17. The molecule has 0 amide bonds. The fraction of sp³-hybridized carbons (Fsp3) is 0.286. The number of methoxy groups -OCH3 is 4. The molecular weight excluding hydrogens is 291 g/mol. The van der Waals surface area contributed by atoms with Crippen molar-refractivity contribution in [2.75, 3.05) is 28.4 Å². The summed E-state index contributed by atoms with van der Waals surface area (Å²) in [6, 6.07) is 7.45. The summed E-state index contributed by atoms with van der Waals surface area (Å²) < 4.78 is 20.8. The Morgan fingerprint density at radius 2 is 1.10 bits per heavy atom. The Bertz CT molecular complexity index is 568. The predicted molar refractivity (Wildman–Crippen MR) is 82.3 cm³/mol. The number of aromatic nitrogens is 2. The van der Waals surface area contributed by atoms with E-state index in [1.165, 1.54) is 0 Å². The van der Waals surface area contributed by atoms with Crippen molar-refractivity contribution in [1.82, 2.24) is 9.97 Å². The summed E-state index contributed by atoms with van der Waals surface area (Å²) in [5.41, 5.74) is 0. The Morgan fingerprint density at radius 3 is 1.43 bits per heavy atom. The van der Waals surface area contributed by atoms with Gasteiger partial charge < -0.3 is 18.9 Å². The number of rotatable bonds is 6. The van der Waals surface area contributed by atoms with Crippen molar-refractivity contribution < 1.29 is 18.9 Å². The minimum atomic E-state index is 0.297. The van der Waals surface area contributed by atoms with Crippen LogP contribution in [0.15, 0.2) is 24.3 Å². The third kappa shape index (κ3) is 3.52. The molecule has 112 valence electrons. The summed E-state index contributed by atoms with van der Waals surface area (Å²) in [5, 5.41) is 1.90. The van der Waals surface area contributed by atoms with Crippen LogP contribution in [0.2, 0.25) is 0 Å². The molecule has 6 nitrogen and oxygen atoms in total. The summed E-state index contributed by atoms with van der Waals surface area (Å²) in [6.07, 6.45) is 0. The van der Waals surface area contributed by atoms with E-state index in [9.17, 15) is 0 Å². The zero-order valence-electron chi connectivity index (χ0n) is 12.3. The van der Waals surface area contributed by atoms with Crippen molar-refractivity contribution in [3.05, 3.63) is 24.3 Å². The first kappa shape index (κ1) is 15.3. The Labute approximate surface area is 125 Å². The van der Waals surface area contributed by atoms with Crippen molar-refractivity contribution in [3.8, 4) is 23.5 Å². The Balaban J connectivity index is 2.33. The van der Waals surface area contributed by atoms with Crippen LogP contribution in [0.3, 0.4) is 0 Å². The molecule has 0 saturated carbocycles. The van der Waals surface area contributed by atoms with Crippen molar-refractivity contribution >= 4 is 19.2 Å². The average molecular weight is 308 g/mol. The monoisotopic (exact) mass is 308 g/mol. The predicted octanol–water partition coefficient (Wildman–Crippen LogP) is 1.14. The summed E-state index contributed by atoms with van der Waals surface area (Å²) in [7, 11) is 6.60. The van der Waals surface area contributed by atoms with Crippen molar-refractivity contribution in [1.29, 1.82) is 0 Å². The van der Waals surface area contributed by atoms with Gasteiger partial charge in [-0.3, -0.25) is 0 Å². The normalized spacial score (nSPS) is 10.1. The van der Waals surface area contributed by atoms with Crippen LogP contribution < -0.4 is 29.6 Å². The van der Waals surface area contributed by atoms with Gasteiger partial charge >= 0.3 is 0 Å². The number of nitrogens with zero attached hydrogens (tertiary/aromatic N) is 2. The van der Waals surface area contributed by atoms with Crippen LogP contribution in [-0.4, -0.2) is 38.4 Å². The summed E-state index contributed by atoms with van der Waals surface area (Å²) >= 11 is 0. The quantitative estimate of drug-likeness (QED) is 0.746. The molecule has 0 N–H and O–H groups in total. The minimum Gasteiger partial charge on any atom is -0.481 e. The van der Waals surface area contributed by atoms with E-state index in [1.54, 1.807) is 40.6 Å². The van der Waals surface area contributed by atoms with E-state index < -0.39 is 0 Å². The second-order valence-corrected chi connectivity index (χ2v) is 5.27. The van der Waals surface area contributed by atoms with Crippen LogP contribution in [0.5, 0.6) is 23.5 Å². The maximum Gasteiger partial charge on any atom is 0.224 e. The van der Waals surface area contributed by atoms with Crippen LogP contribution in [-0.2, 0) is 0 Å². The molecule has 0 aliphatic heterocycles. The zero-order valence-corrected chi connectivity index (χ0v) is 13.3. The van der Waals surface area contributed by atoms with E-state index >= 15 is 0 Å². The van der Waals surface area contributed by atoms with Gasteiger partial charge in [0.05, 0.1) is 28.4 Å². The molecule has 0 fully saturated rings. The molecule has 7 heteroatoms. The van der Waals surface area contributed by atoms with Gasteiger partial charge in [0, 0.05) is 22.7 Å². The molecule has 2 aromatic rings. The first-order valence-corrected chi connectivity index (χ1v) is 7.17. The summed E-state index contributed by atoms with van der Waals surface area (Å²) in [5.74, 6) is 2.09. The Hall–Kier alpha value is -2.07. The lowest BCUT2D eigenvalue weighted by Crippen LogP contribution is -2.12. The van der Waals surface area contributed by atoms with Crippen LogP contribution in [0, 0.1) is 0 Å². The molecule has 0 aromatic carbocycles. The van der Waals surface area contributed by atoms with Crippen molar-refractivity contribution in [2.45, 2.75) is 0 Å². The van der Waals surface area contributed by atoms with E-state index in [4.69, 9.17) is 18.9 Å². The van der Waals surface area contributed by atoms with Gasteiger partial charge in [-0.15, -0.1) is 0 Å². The maximum absolute atomic E-state index is 5.31. The van der Waals surface area contributed by atoms with Gasteiger partial charge in [0.15, 0.2) is 0 Å². The highest BCUT2D eigenvalue weighted by Gasteiger charge is 2.12. The lowest BCUT2D eigenvalue weighted by Gasteiger charge is -2.11. The van der Waals surface area contributed by atoms with Crippen LogP contribution in [0.25, 0.3) is 0 Å². The SMILES string of the molecule is COc1ccc(Pc2ccc(OC)nc2OC)c(OC)n1. The lowest BCUT2D eigenvalue weighted by atomic mass is 10.4. The molecule has 0 spiro atoms. The molecular formula is C14H17N2O4P.